The highest BCUT2D eigenvalue weighted by molar-refractivity contribution is 7.88. The average Bonchev–Trinajstić information content (AvgIpc) is 3.27. The number of aromatic nitrogens is 1. The number of hydrogen-bond acceptors (Lipinski definition) is 6. The van der Waals surface area contributed by atoms with Crippen molar-refractivity contribution in [1.82, 2.24) is 19.3 Å². The standard InChI is InChI=1S/C19H32N4O4S/c1-15-18(16(2)27-20-15)19(24)22-12-6-8-17(14-22)23(28(3,25)26)13-7-11-21-9-4-5-10-21/h17H,4-14H2,1-3H3. The molecule has 3 rings (SSSR count). The monoisotopic (exact) mass is 412 g/mol. The molecule has 2 aliphatic rings. The van der Waals surface area contributed by atoms with E-state index >= 15 is 0 Å². The highest BCUT2D eigenvalue weighted by Gasteiger charge is 2.34. The van der Waals surface area contributed by atoms with E-state index in [0.717, 1.165) is 38.9 Å². The number of likely N-dealkylation sites (tertiary alicyclic amines) is 2. The van der Waals surface area contributed by atoms with Crippen molar-refractivity contribution in [1.29, 1.82) is 0 Å². The van der Waals surface area contributed by atoms with Gasteiger partial charge in [0.25, 0.3) is 5.91 Å². The predicted octanol–water partition coefficient (Wildman–Crippen LogP) is 1.64. The minimum Gasteiger partial charge on any atom is -0.361 e. The van der Waals surface area contributed by atoms with Crippen LogP contribution in [0.25, 0.3) is 0 Å². The third-order valence-corrected chi connectivity index (χ3v) is 7.15. The van der Waals surface area contributed by atoms with Gasteiger partial charge < -0.3 is 14.3 Å². The zero-order valence-electron chi connectivity index (χ0n) is 17.2. The van der Waals surface area contributed by atoms with Crippen LogP contribution < -0.4 is 0 Å². The van der Waals surface area contributed by atoms with E-state index < -0.39 is 10.0 Å². The van der Waals surface area contributed by atoms with Gasteiger partial charge in [0, 0.05) is 25.7 Å². The Balaban J connectivity index is 1.65. The number of sulfonamides is 1. The number of carbonyl (C=O) groups excluding carboxylic acids is 1. The fraction of sp³-hybridized carbons (Fsp3) is 0.789. The lowest BCUT2D eigenvalue weighted by Gasteiger charge is -2.38. The van der Waals surface area contributed by atoms with Crippen LogP contribution in [0.15, 0.2) is 4.52 Å². The van der Waals surface area contributed by atoms with E-state index in [0.29, 0.717) is 36.7 Å². The lowest BCUT2D eigenvalue weighted by atomic mass is 10.0. The van der Waals surface area contributed by atoms with Crippen molar-refractivity contribution in [3.63, 3.8) is 0 Å². The Bertz CT molecular complexity index is 766. The fourth-order valence-corrected chi connectivity index (χ4v) is 5.57. The molecule has 2 aliphatic heterocycles. The van der Waals surface area contributed by atoms with Crippen LogP contribution >= 0.6 is 0 Å². The van der Waals surface area contributed by atoms with Gasteiger partial charge in [-0.1, -0.05) is 5.16 Å². The Kier molecular flexibility index (Phi) is 6.77. The van der Waals surface area contributed by atoms with E-state index in [4.69, 9.17) is 4.52 Å². The van der Waals surface area contributed by atoms with E-state index in [-0.39, 0.29) is 11.9 Å². The van der Waals surface area contributed by atoms with Crippen molar-refractivity contribution in [2.45, 2.75) is 52.0 Å². The molecule has 1 amide bonds. The summed E-state index contributed by atoms with van der Waals surface area (Å²) in [6.07, 6.45) is 6.13. The number of amides is 1. The molecular formula is C19H32N4O4S. The van der Waals surface area contributed by atoms with Crippen LogP contribution in [-0.4, -0.2) is 85.2 Å². The van der Waals surface area contributed by atoms with Crippen LogP contribution in [-0.2, 0) is 10.0 Å². The Morgan fingerprint density at radius 2 is 1.93 bits per heavy atom. The molecule has 2 fully saturated rings. The molecule has 0 N–H and O–H groups in total. The van der Waals surface area contributed by atoms with Gasteiger partial charge in [0.2, 0.25) is 10.0 Å². The van der Waals surface area contributed by atoms with Crippen molar-refractivity contribution in [3.8, 4) is 0 Å². The molecule has 0 aliphatic carbocycles. The summed E-state index contributed by atoms with van der Waals surface area (Å²) in [5.74, 6) is 0.390. The van der Waals surface area contributed by atoms with E-state index in [2.05, 4.69) is 10.1 Å². The lowest BCUT2D eigenvalue weighted by Crippen LogP contribution is -2.52. The summed E-state index contributed by atoms with van der Waals surface area (Å²) < 4.78 is 31.6. The van der Waals surface area contributed by atoms with Gasteiger partial charge in [-0.15, -0.1) is 0 Å². The molecule has 3 heterocycles. The Morgan fingerprint density at radius 1 is 1.21 bits per heavy atom. The number of carbonyl (C=O) groups is 1. The van der Waals surface area contributed by atoms with Crippen molar-refractivity contribution in [3.05, 3.63) is 17.0 Å². The zero-order chi connectivity index (χ0) is 20.3. The number of hydrogen-bond donors (Lipinski definition) is 0. The summed E-state index contributed by atoms with van der Waals surface area (Å²) in [7, 11) is -3.33. The first-order valence-electron chi connectivity index (χ1n) is 10.2. The quantitative estimate of drug-likeness (QED) is 0.677. The molecule has 0 aromatic carbocycles. The molecule has 8 nitrogen and oxygen atoms in total. The maximum atomic E-state index is 13.0. The number of aryl methyl sites for hydroxylation is 2. The van der Waals surface area contributed by atoms with E-state index in [9.17, 15) is 13.2 Å². The molecule has 0 saturated carbocycles. The molecule has 0 spiro atoms. The smallest absolute Gasteiger partial charge is 0.259 e. The maximum Gasteiger partial charge on any atom is 0.259 e. The molecule has 9 heteroatoms. The second-order valence-corrected chi connectivity index (χ2v) is 9.96. The van der Waals surface area contributed by atoms with Crippen LogP contribution in [0.5, 0.6) is 0 Å². The molecule has 1 aromatic heterocycles. The summed E-state index contributed by atoms with van der Waals surface area (Å²) in [4.78, 5) is 17.1. The Labute approximate surface area is 167 Å². The normalized spacial score (nSPS) is 21.6. The van der Waals surface area contributed by atoms with Crippen molar-refractivity contribution in [2.24, 2.45) is 0 Å². The summed E-state index contributed by atoms with van der Waals surface area (Å²) in [5, 5.41) is 3.87. The van der Waals surface area contributed by atoms with Gasteiger partial charge in [0.1, 0.15) is 11.3 Å². The van der Waals surface area contributed by atoms with Gasteiger partial charge in [0.15, 0.2) is 0 Å². The van der Waals surface area contributed by atoms with Crippen LogP contribution in [0.4, 0.5) is 0 Å². The molecule has 158 valence electrons. The Hall–Kier alpha value is -1.45. The summed E-state index contributed by atoms with van der Waals surface area (Å²) in [6.45, 7) is 8.20. The zero-order valence-corrected chi connectivity index (χ0v) is 18.0. The molecule has 1 atom stereocenters. The van der Waals surface area contributed by atoms with E-state index in [1.807, 2.05) is 0 Å². The third kappa shape index (κ3) is 4.93. The summed E-state index contributed by atoms with van der Waals surface area (Å²) in [6, 6.07) is -0.174. The van der Waals surface area contributed by atoms with Crippen LogP contribution in [0, 0.1) is 13.8 Å². The molecule has 0 bridgehead atoms. The number of nitrogens with zero attached hydrogens (tertiary/aromatic N) is 4. The van der Waals surface area contributed by atoms with Gasteiger partial charge >= 0.3 is 0 Å². The fourth-order valence-electron chi connectivity index (χ4n) is 4.40. The van der Waals surface area contributed by atoms with Gasteiger partial charge in [-0.2, -0.15) is 4.31 Å². The first-order chi connectivity index (χ1) is 13.3. The minimum absolute atomic E-state index is 0.119. The average molecular weight is 413 g/mol. The van der Waals surface area contributed by atoms with Gasteiger partial charge in [-0.25, -0.2) is 8.42 Å². The predicted molar refractivity (Wildman–Crippen MR) is 107 cm³/mol. The van der Waals surface area contributed by atoms with Gasteiger partial charge in [-0.05, 0) is 65.6 Å². The van der Waals surface area contributed by atoms with Crippen molar-refractivity contribution < 1.29 is 17.7 Å². The molecule has 28 heavy (non-hydrogen) atoms. The minimum atomic E-state index is -3.33. The highest BCUT2D eigenvalue weighted by Crippen LogP contribution is 2.23. The SMILES string of the molecule is Cc1noc(C)c1C(=O)N1CCCC(N(CCCN2CCCC2)S(C)(=O)=O)C1. The lowest BCUT2D eigenvalue weighted by molar-refractivity contribution is 0.0650. The topological polar surface area (TPSA) is 87.0 Å². The molecule has 0 radical (unpaired) electrons. The second-order valence-electron chi connectivity index (χ2n) is 8.02. The maximum absolute atomic E-state index is 13.0. The highest BCUT2D eigenvalue weighted by atomic mass is 32.2. The largest absolute Gasteiger partial charge is 0.361 e. The molecular weight excluding hydrogens is 380 g/mol. The van der Waals surface area contributed by atoms with Crippen molar-refractivity contribution >= 4 is 15.9 Å². The van der Waals surface area contributed by atoms with Crippen LogP contribution in [0.3, 0.4) is 0 Å². The third-order valence-electron chi connectivity index (χ3n) is 5.82. The van der Waals surface area contributed by atoms with Gasteiger partial charge in [0.05, 0.1) is 11.9 Å². The first-order valence-corrected chi connectivity index (χ1v) is 12.0. The number of rotatable bonds is 7. The van der Waals surface area contributed by atoms with Crippen LogP contribution in [0.1, 0.15) is 53.9 Å². The molecule has 1 unspecified atom stereocenters. The summed E-state index contributed by atoms with van der Waals surface area (Å²) >= 11 is 0. The Morgan fingerprint density at radius 3 is 2.54 bits per heavy atom. The first kappa shape index (κ1) is 21.3. The molecule has 2 saturated heterocycles. The van der Waals surface area contributed by atoms with Crippen molar-refractivity contribution in [2.75, 3.05) is 45.5 Å². The van der Waals surface area contributed by atoms with Gasteiger partial charge in [-0.3, -0.25) is 4.79 Å². The van der Waals surface area contributed by atoms with Crippen LogP contribution in [0.2, 0.25) is 0 Å². The second kappa shape index (κ2) is 8.92. The number of piperidine rings is 1. The van der Waals surface area contributed by atoms with E-state index in [1.54, 1.807) is 23.1 Å². The molecule has 1 aromatic rings. The summed E-state index contributed by atoms with van der Waals surface area (Å²) in [5.41, 5.74) is 1.08. The van der Waals surface area contributed by atoms with E-state index in [1.165, 1.54) is 19.1 Å².